The Kier molecular flexibility index (Phi) is 3.69. The van der Waals surface area contributed by atoms with Crippen molar-refractivity contribution in [3.05, 3.63) is 0 Å². The van der Waals surface area contributed by atoms with Crippen molar-refractivity contribution < 1.29 is 4.79 Å². The van der Waals surface area contributed by atoms with E-state index >= 15 is 0 Å². The molecule has 0 bridgehead atoms. The number of nitrogens with zero attached hydrogens (tertiary/aromatic N) is 1. The number of hydrogen-bond donors (Lipinski definition) is 2. The lowest BCUT2D eigenvalue weighted by Gasteiger charge is -2.34. The maximum Gasteiger partial charge on any atom is 0.221 e. The van der Waals surface area contributed by atoms with Gasteiger partial charge in [0.05, 0.1) is 0 Å². The van der Waals surface area contributed by atoms with E-state index in [0.717, 1.165) is 26.2 Å². The zero-order valence-electron chi connectivity index (χ0n) is 8.42. The van der Waals surface area contributed by atoms with E-state index in [4.69, 9.17) is 5.73 Å². The molecule has 76 valence electrons. The highest BCUT2D eigenvalue weighted by Gasteiger charge is 2.21. The van der Waals surface area contributed by atoms with E-state index in [1.165, 1.54) is 0 Å². The Hall–Kier alpha value is -0.610. The van der Waals surface area contributed by atoms with Crippen molar-refractivity contribution in [2.45, 2.75) is 19.9 Å². The van der Waals surface area contributed by atoms with E-state index in [0.29, 0.717) is 6.04 Å². The molecule has 0 spiro atoms. The monoisotopic (exact) mass is 185 g/mol. The van der Waals surface area contributed by atoms with Gasteiger partial charge in [-0.15, -0.1) is 0 Å². The van der Waals surface area contributed by atoms with Crippen LogP contribution in [0.4, 0.5) is 0 Å². The summed E-state index contributed by atoms with van der Waals surface area (Å²) in [6, 6.07) is 0.510. The van der Waals surface area contributed by atoms with Crippen molar-refractivity contribution >= 4 is 5.91 Å². The van der Waals surface area contributed by atoms with E-state index in [1.54, 1.807) is 0 Å². The Morgan fingerprint density at radius 3 is 3.00 bits per heavy atom. The molecule has 4 nitrogen and oxygen atoms in total. The lowest BCUT2D eigenvalue weighted by molar-refractivity contribution is -0.122. The normalized spacial score (nSPS) is 27.1. The number of nitrogens with one attached hydrogen (secondary N) is 1. The summed E-state index contributed by atoms with van der Waals surface area (Å²) in [5.74, 6) is -0.244. The first-order valence-corrected chi connectivity index (χ1v) is 4.85. The molecular formula is C9H19N3O. The third-order valence-electron chi connectivity index (χ3n) is 2.63. The quantitative estimate of drug-likeness (QED) is 0.617. The van der Waals surface area contributed by atoms with Crippen LogP contribution in [-0.4, -0.2) is 43.0 Å². The predicted octanol–water partition coefficient (Wildman–Crippen LogP) is -0.598. The molecule has 0 aromatic carbocycles. The highest BCUT2D eigenvalue weighted by Crippen LogP contribution is 2.06. The Balaban J connectivity index is 2.37. The van der Waals surface area contributed by atoms with Crippen LogP contribution in [0.25, 0.3) is 0 Å². The van der Waals surface area contributed by atoms with Gasteiger partial charge in [0.25, 0.3) is 0 Å². The van der Waals surface area contributed by atoms with Gasteiger partial charge in [0.1, 0.15) is 0 Å². The van der Waals surface area contributed by atoms with Gasteiger partial charge in [0.15, 0.2) is 0 Å². The van der Waals surface area contributed by atoms with Crippen molar-refractivity contribution in [3.8, 4) is 0 Å². The molecule has 1 aliphatic rings. The molecule has 4 heteroatoms. The number of hydrogen-bond acceptors (Lipinski definition) is 3. The standard InChI is InChI=1S/C9H19N3O/c1-7(9(10)13)6-12-4-3-11-5-8(12)2/h7-8,11H,3-6H2,1-2H3,(H2,10,13)/t7?,8-/m0/s1. The fraction of sp³-hybridized carbons (Fsp3) is 0.889. The average molecular weight is 185 g/mol. The molecule has 2 atom stereocenters. The summed E-state index contributed by atoms with van der Waals surface area (Å²) >= 11 is 0. The second-order valence-electron chi connectivity index (χ2n) is 3.85. The van der Waals surface area contributed by atoms with Crippen LogP contribution in [0, 0.1) is 5.92 Å². The largest absolute Gasteiger partial charge is 0.369 e. The van der Waals surface area contributed by atoms with E-state index in [1.807, 2.05) is 6.92 Å². The van der Waals surface area contributed by atoms with Gasteiger partial charge < -0.3 is 11.1 Å². The molecule has 0 aromatic heterocycles. The molecule has 1 unspecified atom stereocenters. The molecular weight excluding hydrogens is 166 g/mol. The van der Waals surface area contributed by atoms with E-state index < -0.39 is 0 Å². The van der Waals surface area contributed by atoms with Crippen molar-refractivity contribution in [3.63, 3.8) is 0 Å². The van der Waals surface area contributed by atoms with Crippen molar-refractivity contribution in [1.82, 2.24) is 10.2 Å². The zero-order valence-corrected chi connectivity index (χ0v) is 8.42. The molecule has 13 heavy (non-hydrogen) atoms. The maximum absolute atomic E-state index is 10.9. The van der Waals surface area contributed by atoms with Gasteiger partial charge in [-0.05, 0) is 6.92 Å². The number of rotatable bonds is 3. The number of piperazine rings is 1. The van der Waals surface area contributed by atoms with Crippen LogP contribution in [0.3, 0.4) is 0 Å². The summed E-state index contributed by atoms with van der Waals surface area (Å²) < 4.78 is 0. The molecule has 1 heterocycles. The molecule has 1 fully saturated rings. The Labute approximate surface area is 79.5 Å². The Morgan fingerprint density at radius 2 is 2.46 bits per heavy atom. The van der Waals surface area contributed by atoms with Crippen LogP contribution in [0.2, 0.25) is 0 Å². The highest BCUT2D eigenvalue weighted by atomic mass is 16.1. The third kappa shape index (κ3) is 2.97. The number of carbonyl (C=O) groups is 1. The summed E-state index contributed by atoms with van der Waals surface area (Å²) in [7, 11) is 0. The molecule has 0 aliphatic carbocycles. The fourth-order valence-electron chi connectivity index (χ4n) is 1.60. The molecule has 1 saturated heterocycles. The molecule has 0 radical (unpaired) electrons. The summed E-state index contributed by atoms with van der Waals surface area (Å²) in [6.45, 7) is 7.87. The highest BCUT2D eigenvalue weighted by molar-refractivity contribution is 5.76. The lowest BCUT2D eigenvalue weighted by atomic mass is 10.1. The van der Waals surface area contributed by atoms with Crippen molar-refractivity contribution in [1.29, 1.82) is 0 Å². The van der Waals surface area contributed by atoms with Crippen LogP contribution in [0.5, 0.6) is 0 Å². The topological polar surface area (TPSA) is 58.4 Å². The fourth-order valence-corrected chi connectivity index (χ4v) is 1.60. The van der Waals surface area contributed by atoms with E-state index in [9.17, 15) is 4.79 Å². The molecule has 0 saturated carbocycles. The number of nitrogens with two attached hydrogens (primary N) is 1. The van der Waals surface area contributed by atoms with Crippen LogP contribution in [-0.2, 0) is 4.79 Å². The molecule has 3 N–H and O–H groups in total. The molecule has 0 aromatic rings. The maximum atomic E-state index is 10.9. The summed E-state index contributed by atoms with van der Waals surface area (Å²) in [4.78, 5) is 13.2. The van der Waals surface area contributed by atoms with Crippen LogP contribution in [0.15, 0.2) is 0 Å². The first-order valence-electron chi connectivity index (χ1n) is 4.85. The van der Waals surface area contributed by atoms with Gasteiger partial charge in [0, 0.05) is 38.1 Å². The lowest BCUT2D eigenvalue weighted by Crippen LogP contribution is -2.51. The van der Waals surface area contributed by atoms with E-state index in [2.05, 4.69) is 17.1 Å². The molecule has 1 amide bonds. The van der Waals surface area contributed by atoms with Gasteiger partial charge >= 0.3 is 0 Å². The van der Waals surface area contributed by atoms with Crippen LogP contribution >= 0.6 is 0 Å². The molecule has 1 aliphatic heterocycles. The summed E-state index contributed by atoms with van der Waals surface area (Å²) in [5.41, 5.74) is 5.22. The Bertz CT molecular complexity index is 184. The van der Waals surface area contributed by atoms with Crippen LogP contribution < -0.4 is 11.1 Å². The van der Waals surface area contributed by atoms with Gasteiger partial charge in [0.2, 0.25) is 5.91 Å². The molecule has 1 rings (SSSR count). The second-order valence-corrected chi connectivity index (χ2v) is 3.85. The number of carbonyl (C=O) groups excluding carboxylic acids is 1. The first kappa shape index (κ1) is 10.5. The minimum atomic E-state index is -0.203. The van der Waals surface area contributed by atoms with Crippen molar-refractivity contribution in [2.24, 2.45) is 11.7 Å². The van der Waals surface area contributed by atoms with Gasteiger partial charge in [-0.2, -0.15) is 0 Å². The second kappa shape index (κ2) is 4.58. The summed E-state index contributed by atoms with van der Waals surface area (Å²) in [5, 5.41) is 3.31. The van der Waals surface area contributed by atoms with Gasteiger partial charge in [-0.3, -0.25) is 9.69 Å². The van der Waals surface area contributed by atoms with Crippen molar-refractivity contribution in [2.75, 3.05) is 26.2 Å². The minimum Gasteiger partial charge on any atom is -0.369 e. The van der Waals surface area contributed by atoms with Crippen LogP contribution in [0.1, 0.15) is 13.8 Å². The van der Waals surface area contributed by atoms with Gasteiger partial charge in [-0.1, -0.05) is 6.92 Å². The number of primary amides is 1. The van der Waals surface area contributed by atoms with Gasteiger partial charge in [-0.25, -0.2) is 0 Å². The smallest absolute Gasteiger partial charge is 0.221 e. The SMILES string of the molecule is CC(CN1CCNC[C@@H]1C)C(N)=O. The summed E-state index contributed by atoms with van der Waals surface area (Å²) in [6.07, 6.45) is 0. The minimum absolute atomic E-state index is 0.0412. The zero-order chi connectivity index (χ0) is 9.84. The average Bonchev–Trinajstić information content (AvgIpc) is 2.08. The third-order valence-corrected chi connectivity index (χ3v) is 2.63. The van der Waals surface area contributed by atoms with E-state index in [-0.39, 0.29) is 11.8 Å². The number of amides is 1. The Morgan fingerprint density at radius 1 is 1.77 bits per heavy atom. The predicted molar refractivity (Wildman–Crippen MR) is 52.3 cm³/mol. The first-order chi connectivity index (χ1) is 6.11.